The fourth-order valence-corrected chi connectivity index (χ4v) is 3.17. The molecule has 8 nitrogen and oxygen atoms in total. The van der Waals surface area contributed by atoms with Gasteiger partial charge in [-0.2, -0.15) is 10.1 Å². The molecular formula is C16H24N6O2. The molecule has 0 spiro atoms. The number of hydrogen-bond donors (Lipinski definition) is 1. The molecule has 8 heteroatoms. The van der Waals surface area contributed by atoms with Crippen LogP contribution in [0.4, 0.5) is 5.69 Å². The highest BCUT2D eigenvalue weighted by Gasteiger charge is 2.31. The van der Waals surface area contributed by atoms with E-state index in [2.05, 4.69) is 25.5 Å². The molecule has 1 atom stereocenters. The number of aromatic nitrogens is 4. The number of likely N-dealkylation sites (tertiary alicyclic amines) is 1. The summed E-state index contributed by atoms with van der Waals surface area (Å²) in [5, 5.41) is 11.4. The van der Waals surface area contributed by atoms with E-state index in [9.17, 15) is 4.79 Å². The van der Waals surface area contributed by atoms with Gasteiger partial charge in [0.2, 0.25) is 11.8 Å². The zero-order valence-corrected chi connectivity index (χ0v) is 14.7. The second-order valence-electron chi connectivity index (χ2n) is 6.25. The van der Waals surface area contributed by atoms with Gasteiger partial charge in [0.1, 0.15) is 0 Å². The highest BCUT2D eigenvalue weighted by molar-refractivity contribution is 5.93. The highest BCUT2D eigenvalue weighted by atomic mass is 16.5. The molecule has 2 aromatic rings. The minimum Gasteiger partial charge on any atom is -0.339 e. The van der Waals surface area contributed by atoms with Gasteiger partial charge in [-0.05, 0) is 33.2 Å². The highest BCUT2D eigenvalue weighted by Crippen LogP contribution is 2.30. The summed E-state index contributed by atoms with van der Waals surface area (Å²) < 4.78 is 6.98. The van der Waals surface area contributed by atoms with Gasteiger partial charge in [-0.25, -0.2) is 0 Å². The summed E-state index contributed by atoms with van der Waals surface area (Å²) in [6.45, 7) is 7.00. The van der Waals surface area contributed by atoms with Crippen LogP contribution in [0.15, 0.2) is 4.52 Å². The molecule has 1 N–H and O–H groups in total. The first-order chi connectivity index (χ1) is 11.5. The van der Waals surface area contributed by atoms with E-state index in [0.29, 0.717) is 18.3 Å². The van der Waals surface area contributed by atoms with Crippen molar-refractivity contribution in [2.45, 2.75) is 46.1 Å². The van der Waals surface area contributed by atoms with Crippen molar-refractivity contribution >= 4 is 11.6 Å². The van der Waals surface area contributed by atoms with E-state index < -0.39 is 0 Å². The normalized spacial score (nSPS) is 18.2. The maximum atomic E-state index is 12.5. The third kappa shape index (κ3) is 3.19. The van der Waals surface area contributed by atoms with Crippen molar-refractivity contribution in [1.82, 2.24) is 24.8 Å². The molecule has 130 valence electrons. The molecule has 0 aromatic carbocycles. The number of nitrogens with one attached hydrogen (secondary N) is 1. The van der Waals surface area contributed by atoms with Crippen LogP contribution in [-0.4, -0.2) is 43.8 Å². The summed E-state index contributed by atoms with van der Waals surface area (Å²) >= 11 is 0. The number of carbonyl (C=O) groups excluding carboxylic acids is 1. The molecule has 0 bridgehead atoms. The van der Waals surface area contributed by atoms with Gasteiger partial charge in [-0.15, -0.1) is 0 Å². The van der Waals surface area contributed by atoms with E-state index in [-0.39, 0.29) is 11.9 Å². The third-order valence-corrected chi connectivity index (χ3v) is 4.57. The zero-order chi connectivity index (χ0) is 17.3. The minimum absolute atomic E-state index is 0.0414. The molecule has 1 amide bonds. The smallest absolute Gasteiger partial charge is 0.238 e. The molecule has 0 aliphatic carbocycles. The van der Waals surface area contributed by atoms with Crippen LogP contribution in [0.1, 0.15) is 48.9 Å². The number of hydrogen-bond acceptors (Lipinski definition) is 6. The standard InChI is InChI=1S/C16H24N6O2/c1-5-14-18-16(20-24-14)12-7-6-8-22(12)9-13(23)17-15-10(2)19-21(4)11(15)3/h12H,5-9H2,1-4H3,(H,17,23)/t12-/m1/s1. The molecule has 0 saturated carbocycles. The lowest BCUT2D eigenvalue weighted by Gasteiger charge is -2.21. The van der Waals surface area contributed by atoms with Crippen LogP contribution in [0.2, 0.25) is 0 Å². The first-order valence-corrected chi connectivity index (χ1v) is 8.36. The van der Waals surface area contributed by atoms with E-state index in [4.69, 9.17) is 4.52 Å². The fraction of sp³-hybridized carbons (Fsp3) is 0.625. The molecule has 1 aliphatic heterocycles. The number of amides is 1. The van der Waals surface area contributed by atoms with E-state index in [1.54, 1.807) is 4.68 Å². The van der Waals surface area contributed by atoms with E-state index >= 15 is 0 Å². The maximum absolute atomic E-state index is 12.5. The molecule has 1 saturated heterocycles. The lowest BCUT2D eigenvalue weighted by molar-refractivity contribution is -0.117. The summed E-state index contributed by atoms with van der Waals surface area (Å²) in [5.41, 5.74) is 2.57. The zero-order valence-electron chi connectivity index (χ0n) is 14.7. The van der Waals surface area contributed by atoms with Crippen molar-refractivity contribution < 1.29 is 9.32 Å². The van der Waals surface area contributed by atoms with Crippen molar-refractivity contribution in [2.75, 3.05) is 18.4 Å². The summed E-state index contributed by atoms with van der Waals surface area (Å²) in [4.78, 5) is 19.0. The SMILES string of the molecule is CCc1nc([C@H]2CCCN2CC(=O)Nc2c(C)nn(C)c2C)no1. The molecule has 1 fully saturated rings. The Morgan fingerprint density at radius 2 is 2.21 bits per heavy atom. The summed E-state index contributed by atoms with van der Waals surface area (Å²) in [6.07, 6.45) is 2.69. The number of aryl methyl sites for hydroxylation is 3. The van der Waals surface area contributed by atoms with Gasteiger partial charge in [0.05, 0.1) is 29.7 Å². The summed E-state index contributed by atoms with van der Waals surface area (Å²) in [6, 6.07) is 0.0518. The van der Waals surface area contributed by atoms with Crippen LogP contribution in [0.5, 0.6) is 0 Å². The second-order valence-corrected chi connectivity index (χ2v) is 6.25. The first-order valence-electron chi connectivity index (χ1n) is 8.36. The van der Waals surface area contributed by atoms with Crippen molar-refractivity contribution in [3.8, 4) is 0 Å². The van der Waals surface area contributed by atoms with Crippen molar-refractivity contribution in [3.63, 3.8) is 0 Å². The van der Waals surface area contributed by atoms with Gasteiger partial charge >= 0.3 is 0 Å². The monoisotopic (exact) mass is 332 g/mol. The Bertz CT molecular complexity index is 735. The van der Waals surface area contributed by atoms with Crippen molar-refractivity contribution in [2.24, 2.45) is 7.05 Å². The maximum Gasteiger partial charge on any atom is 0.238 e. The van der Waals surface area contributed by atoms with Crippen molar-refractivity contribution in [1.29, 1.82) is 0 Å². The molecule has 0 radical (unpaired) electrons. The Morgan fingerprint density at radius 1 is 1.42 bits per heavy atom. The predicted octanol–water partition coefficient (Wildman–Crippen LogP) is 1.76. The topological polar surface area (TPSA) is 89.1 Å². The van der Waals surface area contributed by atoms with Gasteiger partial charge in [0.25, 0.3) is 0 Å². The predicted molar refractivity (Wildman–Crippen MR) is 88.5 cm³/mol. The molecule has 3 rings (SSSR count). The third-order valence-electron chi connectivity index (χ3n) is 4.57. The van der Waals surface area contributed by atoms with Gasteiger partial charge in [0.15, 0.2) is 5.82 Å². The molecule has 0 unspecified atom stereocenters. The fourth-order valence-electron chi connectivity index (χ4n) is 3.17. The van der Waals surface area contributed by atoms with E-state index in [1.165, 1.54) is 0 Å². The second kappa shape index (κ2) is 6.72. The Hall–Kier alpha value is -2.22. The van der Waals surface area contributed by atoms with Crippen molar-refractivity contribution in [3.05, 3.63) is 23.1 Å². The van der Waals surface area contributed by atoms with Crippen LogP contribution in [0.25, 0.3) is 0 Å². The lowest BCUT2D eigenvalue weighted by Crippen LogP contribution is -2.33. The van der Waals surface area contributed by atoms with Gasteiger partial charge in [0, 0.05) is 13.5 Å². The lowest BCUT2D eigenvalue weighted by atomic mass is 10.2. The molecule has 2 aromatic heterocycles. The number of rotatable bonds is 5. The molecule has 24 heavy (non-hydrogen) atoms. The Labute approximate surface area is 141 Å². The summed E-state index contributed by atoms with van der Waals surface area (Å²) in [5.74, 6) is 1.29. The van der Waals surface area contributed by atoms with E-state index in [0.717, 1.165) is 42.9 Å². The Balaban J connectivity index is 1.67. The van der Waals surface area contributed by atoms with Gasteiger partial charge in [-0.3, -0.25) is 14.4 Å². The average Bonchev–Trinajstić information content (AvgIpc) is 3.24. The quantitative estimate of drug-likeness (QED) is 0.897. The van der Waals surface area contributed by atoms with Gasteiger partial charge < -0.3 is 9.84 Å². The number of carbonyl (C=O) groups is 1. The minimum atomic E-state index is -0.0414. The molecule has 3 heterocycles. The number of nitrogens with zero attached hydrogens (tertiary/aromatic N) is 5. The Kier molecular flexibility index (Phi) is 4.66. The van der Waals surface area contributed by atoms with E-state index in [1.807, 2.05) is 27.8 Å². The first kappa shape index (κ1) is 16.6. The van der Waals surface area contributed by atoms with Crippen LogP contribution >= 0.6 is 0 Å². The molecular weight excluding hydrogens is 308 g/mol. The van der Waals surface area contributed by atoms with Crippen LogP contribution in [0, 0.1) is 13.8 Å². The largest absolute Gasteiger partial charge is 0.339 e. The summed E-state index contributed by atoms with van der Waals surface area (Å²) in [7, 11) is 1.87. The number of anilines is 1. The molecule has 1 aliphatic rings. The van der Waals surface area contributed by atoms with Gasteiger partial charge in [-0.1, -0.05) is 12.1 Å². The van der Waals surface area contributed by atoms with Crippen LogP contribution in [0.3, 0.4) is 0 Å². The van der Waals surface area contributed by atoms with Crippen LogP contribution < -0.4 is 5.32 Å². The average molecular weight is 332 g/mol. The van der Waals surface area contributed by atoms with Crippen LogP contribution in [-0.2, 0) is 18.3 Å². The Morgan fingerprint density at radius 3 is 2.83 bits per heavy atom.